The molecule has 0 fully saturated rings. The van der Waals surface area contributed by atoms with Gasteiger partial charge in [0.15, 0.2) is 0 Å². The Morgan fingerprint density at radius 1 is 1.54 bits per heavy atom. The Balaban J connectivity index is 2.21. The SMILES string of the molecule is CCCCCC(O)C1=COCCC1. The third-order valence-corrected chi connectivity index (χ3v) is 2.47. The molecule has 1 N–H and O–H groups in total. The van der Waals surface area contributed by atoms with Crippen LogP contribution in [0.3, 0.4) is 0 Å². The van der Waals surface area contributed by atoms with Crippen molar-refractivity contribution in [1.82, 2.24) is 0 Å². The summed E-state index contributed by atoms with van der Waals surface area (Å²) in [5.41, 5.74) is 1.09. The lowest BCUT2D eigenvalue weighted by molar-refractivity contribution is 0.160. The van der Waals surface area contributed by atoms with Crippen LogP contribution in [0.25, 0.3) is 0 Å². The molecule has 0 aromatic carbocycles. The van der Waals surface area contributed by atoms with Gasteiger partial charge in [0.1, 0.15) is 0 Å². The molecule has 0 saturated heterocycles. The van der Waals surface area contributed by atoms with Crippen LogP contribution in [0.15, 0.2) is 11.8 Å². The van der Waals surface area contributed by atoms with Crippen molar-refractivity contribution in [3.63, 3.8) is 0 Å². The molecule has 1 atom stereocenters. The second-order valence-electron chi connectivity index (χ2n) is 3.68. The van der Waals surface area contributed by atoms with Crippen molar-refractivity contribution < 1.29 is 9.84 Å². The summed E-state index contributed by atoms with van der Waals surface area (Å²) in [6.07, 6.45) is 7.99. The number of aliphatic hydroxyl groups is 1. The van der Waals surface area contributed by atoms with Crippen molar-refractivity contribution >= 4 is 0 Å². The summed E-state index contributed by atoms with van der Waals surface area (Å²) in [7, 11) is 0. The number of ether oxygens (including phenoxy) is 1. The summed E-state index contributed by atoms with van der Waals surface area (Å²) >= 11 is 0. The molecular formula is C11H20O2. The second kappa shape index (κ2) is 6.03. The van der Waals surface area contributed by atoms with Crippen LogP contribution in [-0.2, 0) is 4.74 Å². The maximum Gasteiger partial charge on any atom is 0.0876 e. The van der Waals surface area contributed by atoms with Gasteiger partial charge in [0, 0.05) is 0 Å². The molecule has 0 aliphatic carbocycles. The highest BCUT2D eigenvalue weighted by molar-refractivity contribution is 5.06. The van der Waals surface area contributed by atoms with E-state index in [0.717, 1.165) is 37.9 Å². The molecule has 1 aliphatic heterocycles. The van der Waals surface area contributed by atoms with Crippen LogP contribution < -0.4 is 0 Å². The zero-order chi connectivity index (χ0) is 9.52. The lowest BCUT2D eigenvalue weighted by atomic mass is 10.00. The van der Waals surface area contributed by atoms with Crippen molar-refractivity contribution in [2.45, 2.75) is 51.6 Å². The van der Waals surface area contributed by atoms with Crippen molar-refractivity contribution in [3.8, 4) is 0 Å². The van der Waals surface area contributed by atoms with Gasteiger partial charge in [0.25, 0.3) is 0 Å². The van der Waals surface area contributed by atoms with E-state index in [2.05, 4.69) is 6.92 Å². The molecule has 0 aromatic heterocycles. The Kier molecular flexibility index (Phi) is 4.91. The summed E-state index contributed by atoms with van der Waals surface area (Å²) in [5.74, 6) is 0. The van der Waals surface area contributed by atoms with Gasteiger partial charge in [0.2, 0.25) is 0 Å². The Labute approximate surface area is 80.6 Å². The van der Waals surface area contributed by atoms with Crippen LogP contribution in [0.1, 0.15) is 45.4 Å². The molecule has 76 valence electrons. The molecular weight excluding hydrogens is 164 g/mol. The van der Waals surface area contributed by atoms with Gasteiger partial charge >= 0.3 is 0 Å². The second-order valence-corrected chi connectivity index (χ2v) is 3.68. The molecule has 0 amide bonds. The minimum Gasteiger partial charge on any atom is -0.501 e. The smallest absolute Gasteiger partial charge is 0.0876 e. The summed E-state index contributed by atoms with van der Waals surface area (Å²) in [4.78, 5) is 0. The fraction of sp³-hybridized carbons (Fsp3) is 0.818. The molecule has 1 heterocycles. The molecule has 1 unspecified atom stereocenters. The zero-order valence-electron chi connectivity index (χ0n) is 8.46. The summed E-state index contributed by atoms with van der Waals surface area (Å²) in [5, 5.41) is 9.75. The monoisotopic (exact) mass is 184 g/mol. The van der Waals surface area contributed by atoms with Gasteiger partial charge in [-0.15, -0.1) is 0 Å². The van der Waals surface area contributed by atoms with Crippen LogP contribution in [-0.4, -0.2) is 17.8 Å². The van der Waals surface area contributed by atoms with E-state index in [-0.39, 0.29) is 6.10 Å². The first-order valence-corrected chi connectivity index (χ1v) is 5.33. The van der Waals surface area contributed by atoms with E-state index in [1.54, 1.807) is 6.26 Å². The van der Waals surface area contributed by atoms with Crippen LogP contribution in [0.5, 0.6) is 0 Å². The highest BCUT2D eigenvalue weighted by atomic mass is 16.5. The van der Waals surface area contributed by atoms with E-state index in [1.165, 1.54) is 12.8 Å². The number of hydrogen-bond donors (Lipinski definition) is 1. The number of hydrogen-bond acceptors (Lipinski definition) is 2. The van der Waals surface area contributed by atoms with E-state index < -0.39 is 0 Å². The molecule has 0 aromatic rings. The molecule has 2 heteroatoms. The molecule has 0 saturated carbocycles. The lowest BCUT2D eigenvalue weighted by Gasteiger charge is -2.18. The quantitative estimate of drug-likeness (QED) is 0.665. The number of rotatable bonds is 5. The first-order valence-electron chi connectivity index (χ1n) is 5.33. The van der Waals surface area contributed by atoms with Crippen LogP contribution in [0.4, 0.5) is 0 Å². The average molecular weight is 184 g/mol. The first kappa shape index (κ1) is 10.6. The van der Waals surface area contributed by atoms with E-state index in [1.807, 2.05) is 0 Å². The Morgan fingerprint density at radius 3 is 3.00 bits per heavy atom. The zero-order valence-corrected chi connectivity index (χ0v) is 8.46. The van der Waals surface area contributed by atoms with Gasteiger partial charge in [-0.3, -0.25) is 0 Å². The van der Waals surface area contributed by atoms with Gasteiger partial charge in [-0.2, -0.15) is 0 Å². The van der Waals surface area contributed by atoms with E-state index in [4.69, 9.17) is 4.74 Å². The van der Waals surface area contributed by atoms with Gasteiger partial charge in [-0.1, -0.05) is 26.2 Å². The number of unbranched alkanes of at least 4 members (excludes halogenated alkanes) is 2. The highest BCUT2D eigenvalue weighted by Gasteiger charge is 2.13. The van der Waals surface area contributed by atoms with E-state index in [0.29, 0.717) is 0 Å². The fourth-order valence-electron chi connectivity index (χ4n) is 1.60. The minimum absolute atomic E-state index is 0.258. The summed E-state index contributed by atoms with van der Waals surface area (Å²) < 4.78 is 5.19. The third kappa shape index (κ3) is 3.81. The summed E-state index contributed by atoms with van der Waals surface area (Å²) in [6, 6.07) is 0. The molecule has 1 rings (SSSR count). The predicted molar refractivity (Wildman–Crippen MR) is 53.4 cm³/mol. The highest BCUT2D eigenvalue weighted by Crippen LogP contribution is 2.19. The van der Waals surface area contributed by atoms with Crippen molar-refractivity contribution in [3.05, 3.63) is 11.8 Å². The topological polar surface area (TPSA) is 29.5 Å². The van der Waals surface area contributed by atoms with Gasteiger partial charge in [-0.25, -0.2) is 0 Å². The standard InChI is InChI=1S/C11H20O2/c1-2-3-4-7-11(12)10-6-5-8-13-9-10/h9,11-12H,2-8H2,1H3. The molecule has 13 heavy (non-hydrogen) atoms. The molecule has 1 aliphatic rings. The molecule has 0 spiro atoms. The first-order chi connectivity index (χ1) is 6.34. The van der Waals surface area contributed by atoms with Gasteiger partial charge in [-0.05, 0) is 24.8 Å². The van der Waals surface area contributed by atoms with Gasteiger partial charge < -0.3 is 9.84 Å². The van der Waals surface area contributed by atoms with E-state index >= 15 is 0 Å². The van der Waals surface area contributed by atoms with Crippen LogP contribution >= 0.6 is 0 Å². The maximum atomic E-state index is 9.75. The van der Waals surface area contributed by atoms with Crippen molar-refractivity contribution in [2.75, 3.05) is 6.61 Å². The molecule has 2 nitrogen and oxygen atoms in total. The number of aliphatic hydroxyl groups excluding tert-OH is 1. The fourth-order valence-corrected chi connectivity index (χ4v) is 1.60. The van der Waals surface area contributed by atoms with Crippen LogP contribution in [0, 0.1) is 0 Å². The van der Waals surface area contributed by atoms with Crippen molar-refractivity contribution in [2.24, 2.45) is 0 Å². The minimum atomic E-state index is -0.258. The predicted octanol–water partition coefficient (Wildman–Crippen LogP) is 2.62. The molecule has 0 bridgehead atoms. The maximum absolute atomic E-state index is 9.75. The normalized spacial score (nSPS) is 19.1. The Morgan fingerprint density at radius 2 is 2.38 bits per heavy atom. The van der Waals surface area contributed by atoms with E-state index in [9.17, 15) is 5.11 Å². The molecule has 0 radical (unpaired) electrons. The van der Waals surface area contributed by atoms with Gasteiger partial charge in [0.05, 0.1) is 19.0 Å². The Bertz CT molecular complexity index is 163. The average Bonchev–Trinajstić information content (AvgIpc) is 2.19. The summed E-state index contributed by atoms with van der Waals surface area (Å²) in [6.45, 7) is 2.99. The Hall–Kier alpha value is -0.500. The van der Waals surface area contributed by atoms with Crippen LogP contribution in [0.2, 0.25) is 0 Å². The third-order valence-electron chi connectivity index (χ3n) is 2.47. The lowest BCUT2D eigenvalue weighted by Crippen LogP contribution is -2.14. The largest absolute Gasteiger partial charge is 0.501 e. The van der Waals surface area contributed by atoms with Crippen molar-refractivity contribution in [1.29, 1.82) is 0 Å².